The Morgan fingerprint density at radius 2 is 1.88 bits per heavy atom. The molecule has 0 aromatic rings. The maximum atomic E-state index is 11.8. The summed E-state index contributed by atoms with van der Waals surface area (Å²) < 4.78 is 35.5. The molecule has 0 unspecified atom stereocenters. The van der Waals surface area contributed by atoms with Gasteiger partial charge in [0.15, 0.2) is 0 Å². The number of carboxylic acids is 1. The van der Waals surface area contributed by atoms with E-state index in [9.17, 15) is 22.8 Å². The van der Waals surface area contributed by atoms with Crippen LogP contribution in [-0.2, 0) is 9.59 Å². The number of hydrogen-bond acceptors (Lipinski definition) is 2. The van der Waals surface area contributed by atoms with E-state index in [0.29, 0.717) is 19.3 Å². The van der Waals surface area contributed by atoms with Crippen molar-refractivity contribution in [1.82, 2.24) is 5.32 Å². The van der Waals surface area contributed by atoms with Gasteiger partial charge in [-0.3, -0.25) is 9.59 Å². The molecule has 0 atom stereocenters. The van der Waals surface area contributed by atoms with Crippen LogP contribution in [0.5, 0.6) is 0 Å². The van der Waals surface area contributed by atoms with Crippen LogP contribution >= 0.6 is 0 Å². The number of nitrogens with one attached hydrogen (secondary N) is 1. The number of carboxylic acid groups (broad SMARTS) is 1. The summed E-state index contributed by atoms with van der Waals surface area (Å²) in [5.74, 6) is -2.73. The van der Waals surface area contributed by atoms with Crippen LogP contribution in [0.25, 0.3) is 0 Å². The van der Waals surface area contributed by atoms with Gasteiger partial charge in [0.25, 0.3) is 0 Å². The first-order valence-corrected chi connectivity index (χ1v) is 4.88. The van der Waals surface area contributed by atoms with Crippen LogP contribution in [-0.4, -0.2) is 29.2 Å². The van der Waals surface area contributed by atoms with Crippen LogP contribution in [0, 0.1) is 5.92 Å². The lowest BCUT2D eigenvalue weighted by Gasteiger charge is -2.35. The van der Waals surface area contributed by atoms with Gasteiger partial charge < -0.3 is 10.4 Å². The van der Waals surface area contributed by atoms with E-state index in [4.69, 9.17) is 5.11 Å². The van der Waals surface area contributed by atoms with E-state index < -0.39 is 24.1 Å². The molecule has 1 saturated carbocycles. The van der Waals surface area contributed by atoms with Gasteiger partial charge in [-0.1, -0.05) is 0 Å². The van der Waals surface area contributed by atoms with Crippen molar-refractivity contribution >= 4 is 11.9 Å². The fourth-order valence-electron chi connectivity index (χ4n) is 1.68. The van der Waals surface area contributed by atoms with Gasteiger partial charge in [-0.05, 0) is 25.2 Å². The largest absolute Gasteiger partial charge is 0.481 e. The molecule has 0 heterocycles. The molecule has 1 aliphatic rings. The number of carbonyl (C=O) groups excluding carboxylic acids is 1. The number of rotatable bonds is 4. The number of amides is 1. The van der Waals surface area contributed by atoms with Gasteiger partial charge in [-0.25, -0.2) is 0 Å². The van der Waals surface area contributed by atoms with Crippen molar-refractivity contribution in [1.29, 1.82) is 0 Å². The highest BCUT2D eigenvalue weighted by molar-refractivity contribution is 5.82. The zero-order valence-electron chi connectivity index (χ0n) is 8.38. The van der Waals surface area contributed by atoms with Crippen LogP contribution < -0.4 is 5.32 Å². The molecule has 1 rings (SSSR count). The maximum absolute atomic E-state index is 11.8. The minimum Gasteiger partial charge on any atom is -0.481 e. The van der Waals surface area contributed by atoms with Crippen molar-refractivity contribution in [3.8, 4) is 0 Å². The quantitative estimate of drug-likeness (QED) is 0.777. The molecule has 1 amide bonds. The van der Waals surface area contributed by atoms with Gasteiger partial charge >= 0.3 is 18.1 Å². The van der Waals surface area contributed by atoms with Crippen LogP contribution in [0.3, 0.4) is 0 Å². The summed E-state index contributed by atoms with van der Waals surface area (Å²) in [5, 5.41) is 10.2. The minimum atomic E-state index is -4.84. The maximum Gasteiger partial charge on any atom is 0.471 e. The zero-order chi connectivity index (χ0) is 12.3. The van der Waals surface area contributed by atoms with Gasteiger partial charge in [-0.2, -0.15) is 13.2 Å². The third-order valence-electron chi connectivity index (χ3n) is 2.59. The molecule has 7 heteroatoms. The van der Waals surface area contributed by atoms with Crippen LogP contribution in [0.2, 0.25) is 0 Å². The highest BCUT2D eigenvalue weighted by atomic mass is 19.4. The van der Waals surface area contributed by atoms with Gasteiger partial charge in [0.05, 0.1) is 0 Å². The standard InChI is InChI=1S/C9H12F3NO3/c10-9(11,12)8(16)13-6-3-5(4-6)1-2-7(14)15/h5-6H,1-4H2,(H,13,16)(H,14,15). The smallest absolute Gasteiger partial charge is 0.471 e. The second kappa shape index (κ2) is 4.71. The minimum absolute atomic E-state index is 0.0185. The molecule has 0 aliphatic heterocycles. The Bertz CT molecular complexity index is 284. The van der Waals surface area contributed by atoms with E-state index in [1.807, 2.05) is 5.32 Å². The second-order valence-electron chi connectivity index (χ2n) is 3.94. The summed E-state index contributed by atoms with van der Waals surface area (Å²) in [5.41, 5.74) is 0. The van der Waals surface area contributed by atoms with Gasteiger partial charge in [0.1, 0.15) is 0 Å². The molecule has 92 valence electrons. The lowest BCUT2D eigenvalue weighted by Crippen LogP contribution is -2.49. The van der Waals surface area contributed by atoms with Gasteiger partial charge in [0, 0.05) is 12.5 Å². The van der Waals surface area contributed by atoms with E-state index in [-0.39, 0.29) is 12.3 Å². The summed E-state index contributed by atoms with van der Waals surface area (Å²) in [4.78, 5) is 20.7. The molecule has 0 aromatic carbocycles. The number of halogens is 3. The summed E-state index contributed by atoms with van der Waals surface area (Å²) in [6, 6.07) is -0.465. The molecular formula is C9H12F3NO3. The average Bonchev–Trinajstić information content (AvgIpc) is 2.05. The van der Waals surface area contributed by atoms with Crippen LogP contribution in [0.4, 0.5) is 13.2 Å². The number of carbonyl (C=O) groups is 2. The molecule has 4 nitrogen and oxygen atoms in total. The molecule has 16 heavy (non-hydrogen) atoms. The monoisotopic (exact) mass is 239 g/mol. The van der Waals surface area contributed by atoms with E-state index >= 15 is 0 Å². The van der Waals surface area contributed by atoms with Crippen LogP contribution in [0.1, 0.15) is 25.7 Å². The van der Waals surface area contributed by atoms with Crippen LogP contribution in [0.15, 0.2) is 0 Å². The molecule has 0 saturated heterocycles. The van der Waals surface area contributed by atoms with Gasteiger partial charge in [-0.15, -0.1) is 0 Å². The Morgan fingerprint density at radius 3 is 2.31 bits per heavy atom. The lowest BCUT2D eigenvalue weighted by molar-refractivity contribution is -0.175. The van der Waals surface area contributed by atoms with E-state index in [1.54, 1.807) is 0 Å². The van der Waals surface area contributed by atoms with Crippen molar-refractivity contribution in [3.63, 3.8) is 0 Å². The van der Waals surface area contributed by atoms with Crippen molar-refractivity contribution < 1.29 is 27.9 Å². The summed E-state index contributed by atoms with van der Waals surface area (Å²) in [6.07, 6.45) is -3.52. The Kier molecular flexibility index (Phi) is 3.77. The number of alkyl halides is 3. The molecule has 1 aliphatic carbocycles. The van der Waals surface area contributed by atoms with E-state index in [0.717, 1.165) is 0 Å². The summed E-state index contributed by atoms with van der Waals surface area (Å²) in [7, 11) is 0. The predicted molar refractivity (Wildman–Crippen MR) is 47.6 cm³/mol. The molecule has 2 N–H and O–H groups in total. The summed E-state index contributed by atoms with van der Waals surface area (Å²) in [6.45, 7) is 0. The fraction of sp³-hybridized carbons (Fsp3) is 0.778. The van der Waals surface area contributed by atoms with Crippen molar-refractivity contribution in [2.75, 3.05) is 0 Å². The molecule has 1 fully saturated rings. The number of hydrogen-bond donors (Lipinski definition) is 2. The fourth-order valence-corrected chi connectivity index (χ4v) is 1.68. The number of aliphatic carboxylic acids is 1. The lowest BCUT2D eigenvalue weighted by atomic mass is 9.77. The Labute approximate surface area is 89.8 Å². The second-order valence-corrected chi connectivity index (χ2v) is 3.94. The van der Waals surface area contributed by atoms with Gasteiger partial charge in [0.2, 0.25) is 0 Å². The molecule has 0 spiro atoms. The van der Waals surface area contributed by atoms with Crippen molar-refractivity contribution in [3.05, 3.63) is 0 Å². The Hall–Kier alpha value is -1.27. The first kappa shape index (κ1) is 12.8. The third-order valence-corrected chi connectivity index (χ3v) is 2.59. The molecule has 0 bridgehead atoms. The van der Waals surface area contributed by atoms with E-state index in [1.165, 1.54) is 0 Å². The highest BCUT2D eigenvalue weighted by Gasteiger charge is 2.41. The SMILES string of the molecule is O=C(O)CCC1CC(NC(=O)C(F)(F)F)C1. The topological polar surface area (TPSA) is 66.4 Å². The summed E-state index contributed by atoms with van der Waals surface area (Å²) >= 11 is 0. The Morgan fingerprint density at radius 1 is 1.31 bits per heavy atom. The molecule has 0 aromatic heterocycles. The highest BCUT2D eigenvalue weighted by Crippen LogP contribution is 2.32. The zero-order valence-corrected chi connectivity index (χ0v) is 8.38. The average molecular weight is 239 g/mol. The van der Waals surface area contributed by atoms with Crippen molar-refractivity contribution in [2.24, 2.45) is 5.92 Å². The first-order valence-electron chi connectivity index (χ1n) is 4.88. The predicted octanol–water partition coefficient (Wildman–Crippen LogP) is 1.31. The van der Waals surface area contributed by atoms with Crippen molar-refractivity contribution in [2.45, 2.75) is 37.9 Å². The molecular weight excluding hydrogens is 227 g/mol. The molecule has 0 radical (unpaired) electrons. The normalized spacial score (nSPS) is 24.7. The Balaban J connectivity index is 2.17. The van der Waals surface area contributed by atoms with E-state index in [2.05, 4.69) is 0 Å². The first-order chi connectivity index (χ1) is 7.29. The third kappa shape index (κ3) is 3.71.